The molecule has 0 radical (unpaired) electrons. The van der Waals surface area contributed by atoms with E-state index >= 15 is 0 Å². The second-order valence-corrected chi connectivity index (χ2v) is 7.71. The lowest BCUT2D eigenvalue weighted by Gasteiger charge is -2.07. The Balaban J connectivity index is 1.96. The summed E-state index contributed by atoms with van der Waals surface area (Å²) in [5.74, 6) is -0.0822. The third-order valence-corrected chi connectivity index (χ3v) is 5.21. The van der Waals surface area contributed by atoms with Crippen molar-refractivity contribution in [3.8, 4) is 5.75 Å². The van der Waals surface area contributed by atoms with Crippen molar-refractivity contribution in [2.75, 3.05) is 6.61 Å². The monoisotopic (exact) mass is 430 g/mol. The normalized spacial score (nSPS) is 10.7. The second kappa shape index (κ2) is 15.6. The highest BCUT2D eigenvalue weighted by Gasteiger charge is 2.10. The van der Waals surface area contributed by atoms with Gasteiger partial charge in [0, 0.05) is 12.8 Å². The first-order valence-electron chi connectivity index (χ1n) is 10.3. The van der Waals surface area contributed by atoms with Gasteiger partial charge in [-0.15, -0.1) is 0 Å². The Morgan fingerprint density at radius 3 is 2.11 bits per heavy atom. The van der Waals surface area contributed by atoms with Crippen molar-refractivity contribution in [2.24, 2.45) is 0 Å². The quantitative estimate of drug-likeness (QED) is 0.168. The lowest BCUT2D eigenvalue weighted by atomic mass is 10.1. The number of esters is 2. The molecule has 1 aromatic rings. The minimum absolute atomic E-state index is 0.0843. The maximum absolute atomic E-state index is 11.9. The summed E-state index contributed by atoms with van der Waals surface area (Å²) in [6, 6.07) is 4.97. The Kier molecular flexibility index (Phi) is 13.8. The summed E-state index contributed by atoms with van der Waals surface area (Å²) < 4.78 is 10.5. The largest absolute Gasteiger partial charge is 0.466 e. The van der Waals surface area contributed by atoms with Crippen molar-refractivity contribution in [3.63, 3.8) is 0 Å². The second-order valence-electron chi connectivity index (χ2n) is 6.93. The summed E-state index contributed by atoms with van der Waals surface area (Å²) in [5, 5.41) is 0.629. The molecule has 28 heavy (non-hydrogen) atoms. The zero-order valence-corrected chi connectivity index (χ0v) is 18.3. The molecule has 158 valence electrons. The van der Waals surface area contributed by atoms with Gasteiger partial charge in [0.1, 0.15) is 5.02 Å². The van der Waals surface area contributed by atoms with Crippen LogP contribution in [0.15, 0.2) is 18.2 Å². The van der Waals surface area contributed by atoms with Crippen LogP contribution in [0, 0.1) is 0 Å². The highest BCUT2D eigenvalue weighted by Crippen LogP contribution is 2.31. The third-order valence-electron chi connectivity index (χ3n) is 4.41. The maximum atomic E-state index is 11.9. The molecule has 0 atom stereocenters. The van der Waals surface area contributed by atoms with Crippen LogP contribution >= 0.6 is 23.2 Å². The summed E-state index contributed by atoms with van der Waals surface area (Å²) in [4.78, 5) is 23.4. The van der Waals surface area contributed by atoms with Crippen LogP contribution in [-0.2, 0) is 14.3 Å². The molecule has 0 fully saturated rings. The van der Waals surface area contributed by atoms with Crippen molar-refractivity contribution in [1.29, 1.82) is 0 Å². The van der Waals surface area contributed by atoms with E-state index in [0.717, 1.165) is 51.4 Å². The molecule has 0 aliphatic rings. The zero-order valence-electron chi connectivity index (χ0n) is 16.8. The molecular formula is C22H32Cl2O4. The predicted molar refractivity (Wildman–Crippen MR) is 114 cm³/mol. The molecule has 0 N–H and O–H groups in total. The lowest BCUT2D eigenvalue weighted by molar-refractivity contribution is -0.144. The van der Waals surface area contributed by atoms with Gasteiger partial charge in [0.15, 0.2) is 5.75 Å². The molecule has 0 heterocycles. The number of benzene rings is 1. The highest BCUT2D eigenvalue weighted by molar-refractivity contribution is 6.43. The molecule has 0 aliphatic heterocycles. The van der Waals surface area contributed by atoms with Crippen LogP contribution in [0.2, 0.25) is 10.0 Å². The molecule has 0 aromatic heterocycles. The van der Waals surface area contributed by atoms with Crippen LogP contribution in [0.5, 0.6) is 5.75 Å². The SMILES string of the molecule is CCCCCCOC(=O)CCCCCCCCC(=O)Oc1cccc(Cl)c1Cl. The van der Waals surface area contributed by atoms with Crippen molar-refractivity contribution in [1.82, 2.24) is 0 Å². The number of carbonyl (C=O) groups excluding carboxylic acids is 2. The first-order chi connectivity index (χ1) is 13.5. The van der Waals surface area contributed by atoms with Crippen LogP contribution in [0.25, 0.3) is 0 Å². The van der Waals surface area contributed by atoms with E-state index in [1.807, 2.05) is 0 Å². The smallest absolute Gasteiger partial charge is 0.311 e. The van der Waals surface area contributed by atoms with Gasteiger partial charge in [0.05, 0.1) is 11.6 Å². The van der Waals surface area contributed by atoms with Gasteiger partial charge in [-0.2, -0.15) is 0 Å². The molecule has 0 unspecified atom stereocenters. The number of ether oxygens (including phenoxy) is 2. The molecule has 0 spiro atoms. The molecule has 1 aromatic carbocycles. The third kappa shape index (κ3) is 11.6. The number of unbranched alkanes of at least 4 members (excludes halogenated alkanes) is 8. The molecule has 0 saturated heterocycles. The molecular weight excluding hydrogens is 399 g/mol. The number of halogens is 2. The Labute approximate surface area is 178 Å². The highest BCUT2D eigenvalue weighted by atomic mass is 35.5. The molecule has 0 saturated carbocycles. The van der Waals surface area contributed by atoms with Gasteiger partial charge < -0.3 is 9.47 Å². The number of hydrogen-bond donors (Lipinski definition) is 0. The molecule has 0 amide bonds. The van der Waals surface area contributed by atoms with Gasteiger partial charge in [0.2, 0.25) is 0 Å². The number of rotatable bonds is 15. The summed E-state index contributed by atoms with van der Waals surface area (Å²) in [7, 11) is 0. The number of hydrogen-bond acceptors (Lipinski definition) is 4. The van der Waals surface area contributed by atoms with Gasteiger partial charge in [-0.1, -0.05) is 81.1 Å². The van der Waals surface area contributed by atoms with Crippen molar-refractivity contribution >= 4 is 35.1 Å². The Morgan fingerprint density at radius 2 is 1.43 bits per heavy atom. The van der Waals surface area contributed by atoms with Crippen LogP contribution in [-0.4, -0.2) is 18.5 Å². The fourth-order valence-corrected chi connectivity index (χ4v) is 3.10. The molecule has 4 nitrogen and oxygen atoms in total. The van der Waals surface area contributed by atoms with E-state index in [0.29, 0.717) is 30.2 Å². The predicted octanol–water partition coefficient (Wildman–Crippen LogP) is 7.14. The van der Waals surface area contributed by atoms with E-state index in [2.05, 4.69) is 6.92 Å². The van der Waals surface area contributed by atoms with Crippen LogP contribution in [0.3, 0.4) is 0 Å². The van der Waals surface area contributed by atoms with Crippen molar-refractivity contribution < 1.29 is 19.1 Å². The topological polar surface area (TPSA) is 52.6 Å². The van der Waals surface area contributed by atoms with E-state index in [1.54, 1.807) is 18.2 Å². The fraction of sp³-hybridized carbons (Fsp3) is 0.636. The van der Waals surface area contributed by atoms with Crippen molar-refractivity contribution in [2.45, 2.75) is 84.0 Å². The van der Waals surface area contributed by atoms with Crippen LogP contribution < -0.4 is 4.74 Å². The van der Waals surface area contributed by atoms with Gasteiger partial charge in [0.25, 0.3) is 0 Å². The van der Waals surface area contributed by atoms with E-state index < -0.39 is 0 Å². The Bertz CT molecular complexity index is 590. The maximum Gasteiger partial charge on any atom is 0.311 e. The zero-order chi connectivity index (χ0) is 20.6. The van der Waals surface area contributed by atoms with E-state index in [1.165, 1.54) is 12.8 Å². The minimum Gasteiger partial charge on any atom is -0.466 e. The van der Waals surface area contributed by atoms with Crippen molar-refractivity contribution in [3.05, 3.63) is 28.2 Å². The Hall–Kier alpha value is -1.26. The lowest BCUT2D eigenvalue weighted by Crippen LogP contribution is -2.07. The van der Waals surface area contributed by atoms with Crippen LogP contribution in [0.1, 0.15) is 84.0 Å². The van der Waals surface area contributed by atoms with E-state index in [9.17, 15) is 9.59 Å². The average Bonchev–Trinajstić information content (AvgIpc) is 2.67. The van der Waals surface area contributed by atoms with E-state index in [4.69, 9.17) is 32.7 Å². The summed E-state index contributed by atoms with van der Waals surface area (Å²) in [5.41, 5.74) is 0. The Morgan fingerprint density at radius 1 is 0.821 bits per heavy atom. The molecule has 0 aliphatic carbocycles. The van der Waals surface area contributed by atoms with Gasteiger partial charge in [-0.25, -0.2) is 0 Å². The number of carbonyl (C=O) groups is 2. The molecule has 1 rings (SSSR count). The van der Waals surface area contributed by atoms with Gasteiger partial charge in [-0.3, -0.25) is 9.59 Å². The van der Waals surface area contributed by atoms with E-state index in [-0.39, 0.29) is 17.0 Å². The van der Waals surface area contributed by atoms with Gasteiger partial charge in [-0.05, 0) is 31.4 Å². The fourth-order valence-electron chi connectivity index (χ4n) is 2.77. The van der Waals surface area contributed by atoms with Gasteiger partial charge >= 0.3 is 11.9 Å². The molecule has 0 bridgehead atoms. The standard InChI is InChI=1S/C22H32Cl2O4/c1-2-3-4-11-17-27-20(25)15-9-7-5-6-8-10-16-21(26)28-19-14-12-13-18(23)22(19)24/h12-14H,2-11,15-17H2,1H3. The molecule has 6 heteroatoms. The van der Waals surface area contributed by atoms with Crippen LogP contribution in [0.4, 0.5) is 0 Å². The summed E-state index contributed by atoms with van der Waals surface area (Å²) in [6.45, 7) is 2.71. The average molecular weight is 431 g/mol. The first kappa shape index (κ1) is 24.8. The minimum atomic E-state index is -0.300. The summed E-state index contributed by atoms with van der Waals surface area (Å²) in [6.07, 6.45) is 11.0. The first-order valence-corrected chi connectivity index (χ1v) is 11.1. The summed E-state index contributed by atoms with van der Waals surface area (Å²) >= 11 is 11.9.